The molecule has 2 aromatic rings. The van der Waals surface area contributed by atoms with E-state index in [9.17, 15) is 18.3 Å². The third-order valence-electron chi connectivity index (χ3n) is 6.37. The van der Waals surface area contributed by atoms with Gasteiger partial charge >= 0.3 is 0 Å². The van der Waals surface area contributed by atoms with Gasteiger partial charge in [0.15, 0.2) is 0 Å². The van der Waals surface area contributed by atoms with Gasteiger partial charge in [0.2, 0.25) is 10.0 Å². The number of ether oxygens (including phenoxy) is 1. The van der Waals surface area contributed by atoms with Gasteiger partial charge in [-0.15, -0.1) is 0 Å². The molecule has 1 saturated carbocycles. The number of aliphatic hydroxyl groups excluding tert-OH is 1. The fourth-order valence-electron chi connectivity index (χ4n) is 4.00. The van der Waals surface area contributed by atoms with Crippen molar-refractivity contribution in [2.24, 2.45) is 11.8 Å². The lowest BCUT2D eigenvalue weighted by atomic mass is 10.0. The first-order valence-corrected chi connectivity index (χ1v) is 13.2. The van der Waals surface area contributed by atoms with Gasteiger partial charge in [-0.25, -0.2) is 8.42 Å². The number of benzene rings is 1. The maximum absolute atomic E-state index is 13.6. The Balaban J connectivity index is 1.69. The van der Waals surface area contributed by atoms with Crippen molar-refractivity contribution in [2.45, 2.75) is 43.7 Å². The first-order valence-electron chi connectivity index (χ1n) is 11.8. The number of aromatic nitrogens is 1. The normalized spacial score (nSPS) is 22.4. The van der Waals surface area contributed by atoms with E-state index in [1.165, 1.54) is 16.6 Å². The lowest BCUT2D eigenvalue weighted by Gasteiger charge is -2.37. The molecule has 2 heterocycles. The number of likely N-dealkylation sites (N-methyl/N-ethyl adjacent to an activating group) is 1. The lowest BCUT2D eigenvalue weighted by Crippen LogP contribution is -2.50. The minimum Gasteiger partial charge on any atom is -0.487 e. The van der Waals surface area contributed by atoms with Crippen LogP contribution in [0.1, 0.15) is 42.6 Å². The molecule has 8 nitrogen and oxygen atoms in total. The Morgan fingerprint density at radius 2 is 2.11 bits per heavy atom. The van der Waals surface area contributed by atoms with E-state index in [0.717, 1.165) is 12.8 Å². The molecule has 0 saturated heterocycles. The zero-order valence-electron chi connectivity index (χ0n) is 20.2. The Hall–Kier alpha value is -2.93. The number of aliphatic hydroxyl groups is 1. The number of nitrogens with zero attached hydrogens (tertiary/aromatic N) is 3. The highest BCUT2D eigenvalue weighted by Crippen LogP contribution is 2.34. The van der Waals surface area contributed by atoms with Crippen LogP contribution in [0.25, 0.3) is 0 Å². The zero-order chi connectivity index (χ0) is 25.2. The first-order chi connectivity index (χ1) is 16.7. The highest BCUT2D eigenvalue weighted by atomic mass is 32.2. The molecule has 0 unspecified atom stereocenters. The Kier molecular flexibility index (Phi) is 7.45. The van der Waals surface area contributed by atoms with E-state index in [1.807, 2.05) is 6.92 Å². The highest BCUT2D eigenvalue weighted by molar-refractivity contribution is 7.89. The van der Waals surface area contributed by atoms with E-state index in [-0.39, 0.29) is 42.2 Å². The van der Waals surface area contributed by atoms with Crippen molar-refractivity contribution < 1.29 is 23.1 Å². The van der Waals surface area contributed by atoms with E-state index in [4.69, 9.17) is 4.74 Å². The van der Waals surface area contributed by atoms with E-state index >= 15 is 0 Å². The maximum atomic E-state index is 13.6. The Bertz CT molecular complexity index is 1230. The summed E-state index contributed by atoms with van der Waals surface area (Å²) in [6.45, 7) is 3.65. The van der Waals surface area contributed by atoms with Crippen molar-refractivity contribution in [3.05, 3.63) is 53.9 Å². The molecule has 1 aromatic carbocycles. The van der Waals surface area contributed by atoms with Crippen LogP contribution in [0.15, 0.2) is 47.6 Å². The van der Waals surface area contributed by atoms with Crippen LogP contribution < -0.4 is 4.74 Å². The average Bonchev–Trinajstić information content (AvgIpc) is 3.69. The molecule has 1 amide bonds. The smallest absolute Gasteiger partial charge is 0.255 e. The number of amides is 1. The van der Waals surface area contributed by atoms with Crippen molar-refractivity contribution in [2.75, 3.05) is 26.7 Å². The van der Waals surface area contributed by atoms with Crippen LogP contribution in [0.2, 0.25) is 0 Å². The number of hydrogen-bond donors (Lipinski definition) is 1. The summed E-state index contributed by atoms with van der Waals surface area (Å²) in [6, 6.07) is 7.67. The van der Waals surface area contributed by atoms with Crippen molar-refractivity contribution in [3.63, 3.8) is 0 Å². The van der Waals surface area contributed by atoms with Gasteiger partial charge in [0, 0.05) is 49.4 Å². The number of carbonyl (C=O) groups excluding carboxylic acids is 1. The predicted octanol–water partition coefficient (Wildman–Crippen LogP) is 2.38. The summed E-state index contributed by atoms with van der Waals surface area (Å²) >= 11 is 0. The summed E-state index contributed by atoms with van der Waals surface area (Å²) in [7, 11) is -2.23. The summed E-state index contributed by atoms with van der Waals surface area (Å²) in [5.41, 5.74) is 1.14. The quantitative estimate of drug-likeness (QED) is 0.637. The topological polar surface area (TPSA) is 100 Å². The van der Waals surface area contributed by atoms with Gasteiger partial charge in [-0.3, -0.25) is 9.78 Å². The molecular formula is C26H31N3O5S. The number of rotatable bonds is 5. The Labute approximate surface area is 207 Å². The second kappa shape index (κ2) is 10.4. The van der Waals surface area contributed by atoms with Gasteiger partial charge in [-0.2, -0.15) is 4.31 Å². The van der Waals surface area contributed by atoms with Crippen LogP contribution in [0.4, 0.5) is 0 Å². The molecule has 1 aliphatic heterocycles. The molecular weight excluding hydrogens is 466 g/mol. The Morgan fingerprint density at radius 1 is 1.34 bits per heavy atom. The molecule has 1 aliphatic carbocycles. The van der Waals surface area contributed by atoms with E-state index < -0.39 is 22.2 Å². The highest BCUT2D eigenvalue weighted by Gasteiger charge is 2.38. The summed E-state index contributed by atoms with van der Waals surface area (Å²) in [6.07, 6.45) is 4.81. The van der Waals surface area contributed by atoms with Crippen LogP contribution in [-0.2, 0) is 10.0 Å². The minimum absolute atomic E-state index is 0.0351. The monoisotopic (exact) mass is 497 g/mol. The molecule has 0 radical (unpaired) electrons. The standard InChI is InChI=1S/C26H31N3O5S/c1-18-15-29(19(2)17-30)35(32,33)25-11-10-21(9-8-20-6-7-20)13-23(25)34-24(18)16-28(3)26(31)22-5-4-12-27-14-22/h4-5,10-14,18-20,24,30H,6-7,15-17H2,1-3H3/t18-,19+,24-/m0/s1. The summed E-state index contributed by atoms with van der Waals surface area (Å²) in [5, 5.41) is 9.78. The van der Waals surface area contributed by atoms with E-state index in [0.29, 0.717) is 17.0 Å². The van der Waals surface area contributed by atoms with Crippen LogP contribution >= 0.6 is 0 Å². The van der Waals surface area contributed by atoms with Gasteiger partial charge in [-0.05, 0) is 50.1 Å². The van der Waals surface area contributed by atoms with Crippen LogP contribution in [0.3, 0.4) is 0 Å². The maximum Gasteiger partial charge on any atom is 0.255 e. The van der Waals surface area contributed by atoms with Crippen LogP contribution in [-0.4, -0.2) is 72.5 Å². The molecule has 3 atom stereocenters. The minimum atomic E-state index is -3.92. The molecule has 4 rings (SSSR count). The van der Waals surface area contributed by atoms with Crippen LogP contribution in [0, 0.1) is 23.7 Å². The van der Waals surface area contributed by atoms with Gasteiger partial charge in [0.1, 0.15) is 16.7 Å². The van der Waals surface area contributed by atoms with Gasteiger partial charge < -0.3 is 14.7 Å². The van der Waals surface area contributed by atoms with Crippen molar-refractivity contribution >= 4 is 15.9 Å². The average molecular weight is 498 g/mol. The third kappa shape index (κ3) is 5.67. The molecule has 1 aromatic heterocycles. The molecule has 9 heteroatoms. The van der Waals surface area contributed by atoms with Crippen molar-refractivity contribution in [1.29, 1.82) is 0 Å². The SMILES string of the molecule is C[C@H](CO)N1C[C@H](C)[C@H](CN(C)C(=O)c2cccnc2)Oc2cc(C#CC3CC3)ccc2S1(=O)=O. The summed E-state index contributed by atoms with van der Waals surface area (Å²) < 4.78 is 34.8. The predicted molar refractivity (Wildman–Crippen MR) is 131 cm³/mol. The second-order valence-corrected chi connectivity index (χ2v) is 11.2. The van der Waals surface area contributed by atoms with Gasteiger partial charge in [0.05, 0.1) is 18.7 Å². The molecule has 0 spiro atoms. The summed E-state index contributed by atoms with van der Waals surface area (Å²) in [5.74, 6) is 6.46. The number of carbonyl (C=O) groups is 1. The number of hydrogen-bond acceptors (Lipinski definition) is 6. The van der Waals surface area contributed by atoms with Crippen molar-refractivity contribution in [1.82, 2.24) is 14.2 Å². The number of pyridine rings is 1. The molecule has 1 fully saturated rings. The number of fused-ring (bicyclic) bond motifs is 1. The summed E-state index contributed by atoms with van der Waals surface area (Å²) in [4.78, 5) is 18.5. The molecule has 1 N–H and O–H groups in total. The second-order valence-electron chi connectivity index (χ2n) is 9.37. The fourth-order valence-corrected chi connectivity index (χ4v) is 5.82. The molecule has 186 valence electrons. The molecule has 2 aliphatic rings. The number of sulfonamides is 1. The molecule has 35 heavy (non-hydrogen) atoms. The van der Waals surface area contributed by atoms with E-state index in [2.05, 4.69) is 16.8 Å². The van der Waals surface area contributed by atoms with Crippen LogP contribution in [0.5, 0.6) is 5.75 Å². The van der Waals surface area contributed by atoms with E-state index in [1.54, 1.807) is 49.3 Å². The van der Waals surface area contributed by atoms with Gasteiger partial charge in [-0.1, -0.05) is 18.8 Å². The van der Waals surface area contributed by atoms with Crippen molar-refractivity contribution in [3.8, 4) is 17.6 Å². The lowest BCUT2D eigenvalue weighted by molar-refractivity contribution is 0.0563. The third-order valence-corrected chi connectivity index (χ3v) is 8.39. The molecule has 0 bridgehead atoms. The van der Waals surface area contributed by atoms with Gasteiger partial charge in [0.25, 0.3) is 5.91 Å². The zero-order valence-corrected chi connectivity index (χ0v) is 21.0. The fraction of sp³-hybridized carbons (Fsp3) is 0.462. The Morgan fingerprint density at radius 3 is 2.77 bits per heavy atom. The largest absolute Gasteiger partial charge is 0.487 e. The first kappa shape index (κ1) is 25.2.